The van der Waals surface area contributed by atoms with Gasteiger partial charge in [-0.25, -0.2) is 9.37 Å². The van der Waals surface area contributed by atoms with Gasteiger partial charge in [0, 0.05) is 18.3 Å². The first-order valence-electron chi connectivity index (χ1n) is 6.13. The molecule has 0 aromatic carbocycles. The van der Waals surface area contributed by atoms with Gasteiger partial charge in [-0.15, -0.1) is 0 Å². The molecule has 18 heavy (non-hydrogen) atoms. The summed E-state index contributed by atoms with van der Waals surface area (Å²) in [5.41, 5.74) is 1.43. The third-order valence-electron chi connectivity index (χ3n) is 3.38. The standard InChI is InChI=1S/C13H14FN3O/c14-10-4-5-12-16-11(8-17(12)7-10)6-15-13(18)9-2-1-3-9/h4-5,7-9H,1-3,6H2,(H,15,18). The molecule has 0 bridgehead atoms. The number of pyridine rings is 1. The molecule has 1 fully saturated rings. The van der Waals surface area contributed by atoms with Crippen LogP contribution in [0.4, 0.5) is 4.39 Å². The van der Waals surface area contributed by atoms with Crippen LogP contribution in [0.3, 0.4) is 0 Å². The van der Waals surface area contributed by atoms with Crippen molar-refractivity contribution in [3.63, 3.8) is 0 Å². The highest BCUT2D eigenvalue weighted by Crippen LogP contribution is 2.26. The predicted octanol–water partition coefficient (Wildman–Crippen LogP) is 1.89. The molecule has 2 heterocycles. The van der Waals surface area contributed by atoms with Crippen LogP contribution in [-0.2, 0) is 11.3 Å². The van der Waals surface area contributed by atoms with Crippen molar-refractivity contribution in [3.8, 4) is 0 Å². The Morgan fingerprint density at radius 3 is 3.00 bits per heavy atom. The van der Waals surface area contributed by atoms with Crippen LogP contribution < -0.4 is 5.32 Å². The summed E-state index contributed by atoms with van der Waals surface area (Å²) in [6.45, 7) is 0.401. The van der Waals surface area contributed by atoms with Crippen LogP contribution in [0, 0.1) is 11.7 Å². The van der Waals surface area contributed by atoms with Crippen molar-refractivity contribution in [1.82, 2.24) is 14.7 Å². The average Bonchev–Trinajstić information content (AvgIpc) is 2.65. The van der Waals surface area contributed by atoms with E-state index in [9.17, 15) is 9.18 Å². The van der Waals surface area contributed by atoms with Crippen LogP contribution in [0.5, 0.6) is 0 Å². The molecule has 0 radical (unpaired) electrons. The Hall–Kier alpha value is -1.91. The van der Waals surface area contributed by atoms with E-state index in [1.54, 1.807) is 16.7 Å². The summed E-state index contributed by atoms with van der Waals surface area (Å²) < 4.78 is 14.6. The summed E-state index contributed by atoms with van der Waals surface area (Å²) in [5.74, 6) is -0.0195. The highest BCUT2D eigenvalue weighted by molar-refractivity contribution is 5.79. The van der Waals surface area contributed by atoms with Crippen molar-refractivity contribution in [2.75, 3.05) is 0 Å². The zero-order chi connectivity index (χ0) is 12.5. The van der Waals surface area contributed by atoms with Gasteiger partial charge in [0.15, 0.2) is 0 Å². The number of hydrogen-bond acceptors (Lipinski definition) is 2. The fourth-order valence-electron chi connectivity index (χ4n) is 2.09. The van der Waals surface area contributed by atoms with Crippen LogP contribution in [-0.4, -0.2) is 15.3 Å². The third-order valence-corrected chi connectivity index (χ3v) is 3.38. The second-order valence-electron chi connectivity index (χ2n) is 4.69. The van der Waals surface area contributed by atoms with Gasteiger partial charge in [0.25, 0.3) is 0 Å². The van der Waals surface area contributed by atoms with E-state index in [0.717, 1.165) is 25.0 Å². The second kappa shape index (κ2) is 4.40. The number of aromatic nitrogens is 2. The lowest BCUT2D eigenvalue weighted by Gasteiger charge is -2.23. The monoisotopic (exact) mass is 247 g/mol. The Morgan fingerprint density at radius 2 is 2.28 bits per heavy atom. The number of rotatable bonds is 3. The molecule has 1 N–H and O–H groups in total. The fourth-order valence-corrected chi connectivity index (χ4v) is 2.09. The molecule has 5 heteroatoms. The number of halogens is 1. The molecule has 1 aliphatic carbocycles. The Balaban J connectivity index is 1.68. The molecule has 0 atom stereocenters. The van der Waals surface area contributed by atoms with E-state index in [4.69, 9.17) is 0 Å². The fraction of sp³-hybridized carbons (Fsp3) is 0.385. The zero-order valence-corrected chi connectivity index (χ0v) is 9.90. The van der Waals surface area contributed by atoms with Gasteiger partial charge in [0.1, 0.15) is 11.5 Å². The molecular weight excluding hydrogens is 233 g/mol. The van der Waals surface area contributed by atoms with Gasteiger partial charge in [-0.1, -0.05) is 6.42 Å². The van der Waals surface area contributed by atoms with E-state index in [1.807, 2.05) is 0 Å². The number of fused-ring (bicyclic) bond motifs is 1. The first kappa shape index (κ1) is 11.2. The van der Waals surface area contributed by atoms with Gasteiger partial charge in [-0.05, 0) is 25.0 Å². The summed E-state index contributed by atoms with van der Waals surface area (Å²) in [6, 6.07) is 2.99. The van der Waals surface area contributed by atoms with Crippen molar-refractivity contribution >= 4 is 11.6 Å². The smallest absolute Gasteiger partial charge is 0.223 e. The lowest BCUT2D eigenvalue weighted by molar-refractivity contribution is -0.127. The first-order valence-corrected chi connectivity index (χ1v) is 6.13. The van der Waals surface area contributed by atoms with Crippen molar-refractivity contribution in [2.24, 2.45) is 5.92 Å². The minimum Gasteiger partial charge on any atom is -0.350 e. The topological polar surface area (TPSA) is 46.4 Å². The molecule has 2 aromatic rings. The highest BCUT2D eigenvalue weighted by Gasteiger charge is 2.24. The predicted molar refractivity (Wildman–Crippen MR) is 64.3 cm³/mol. The molecule has 0 saturated heterocycles. The Labute approximate surface area is 104 Å². The van der Waals surface area contributed by atoms with Crippen molar-refractivity contribution in [1.29, 1.82) is 0 Å². The summed E-state index contributed by atoms with van der Waals surface area (Å²) in [5, 5.41) is 2.87. The number of hydrogen-bond donors (Lipinski definition) is 1. The van der Waals surface area contributed by atoms with Crippen LogP contribution in [0.15, 0.2) is 24.5 Å². The lowest BCUT2D eigenvalue weighted by Crippen LogP contribution is -2.34. The number of nitrogens with zero attached hydrogens (tertiary/aromatic N) is 2. The minimum atomic E-state index is -0.301. The highest BCUT2D eigenvalue weighted by atomic mass is 19.1. The van der Waals surface area contributed by atoms with Gasteiger partial charge in [0.05, 0.1) is 12.2 Å². The van der Waals surface area contributed by atoms with Gasteiger partial charge in [0.2, 0.25) is 5.91 Å². The van der Waals surface area contributed by atoms with Crippen LogP contribution in [0.2, 0.25) is 0 Å². The molecule has 3 rings (SSSR count). The molecule has 1 amide bonds. The largest absolute Gasteiger partial charge is 0.350 e. The summed E-state index contributed by atoms with van der Waals surface area (Å²) >= 11 is 0. The normalized spacial score (nSPS) is 15.6. The molecule has 0 spiro atoms. The lowest BCUT2D eigenvalue weighted by atomic mass is 9.85. The SMILES string of the molecule is O=C(NCc1cn2cc(F)ccc2n1)C1CCC1. The molecule has 4 nitrogen and oxygen atoms in total. The Morgan fingerprint density at radius 1 is 1.44 bits per heavy atom. The Bertz CT molecular complexity index is 589. The molecular formula is C13H14FN3O. The quantitative estimate of drug-likeness (QED) is 0.900. The van der Waals surface area contributed by atoms with Gasteiger partial charge in [-0.2, -0.15) is 0 Å². The average molecular weight is 247 g/mol. The van der Waals surface area contributed by atoms with Crippen LogP contribution in [0.1, 0.15) is 25.0 Å². The number of imidazole rings is 1. The number of amides is 1. The van der Waals surface area contributed by atoms with Crippen LogP contribution in [0.25, 0.3) is 5.65 Å². The maximum absolute atomic E-state index is 13.0. The minimum absolute atomic E-state index is 0.101. The van der Waals surface area contributed by atoms with E-state index in [1.165, 1.54) is 12.3 Å². The van der Waals surface area contributed by atoms with Crippen molar-refractivity contribution < 1.29 is 9.18 Å². The molecule has 94 valence electrons. The van der Waals surface area contributed by atoms with Crippen molar-refractivity contribution in [2.45, 2.75) is 25.8 Å². The summed E-state index contributed by atoms with van der Waals surface area (Å²) in [7, 11) is 0. The van der Waals surface area contributed by atoms with Gasteiger partial charge < -0.3 is 9.72 Å². The van der Waals surface area contributed by atoms with Gasteiger partial charge >= 0.3 is 0 Å². The number of carbonyl (C=O) groups is 1. The summed E-state index contributed by atoms with van der Waals surface area (Å²) in [4.78, 5) is 16.0. The summed E-state index contributed by atoms with van der Waals surface area (Å²) in [6.07, 6.45) is 6.23. The second-order valence-corrected chi connectivity index (χ2v) is 4.69. The molecule has 0 aliphatic heterocycles. The maximum atomic E-state index is 13.0. The number of carbonyl (C=O) groups excluding carboxylic acids is 1. The van der Waals surface area contributed by atoms with E-state index in [2.05, 4.69) is 10.3 Å². The molecule has 0 unspecified atom stereocenters. The zero-order valence-electron chi connectivity index (χ0n) is 9.90. The van der Waals surface area contributed by atoms with Crippen LogP contribution >= 0.6 is 0 Å². The number of nitrogens with one attached hydrogen (secondary N) is 1. The van der Waals surface area contributed by atoms with Gasteiger partial charge in [-0.3, -0.25) is 4.79 Å². The maximum Gasteiger partial charge on any atom is 0.223 e. The molecule has 1 aliphatic rings. The van der Waals surface area contributed by atoms with E-state index in [-0.39, 0.29) is 17.6 Å². The third kappa shape index (κ3) is 2.08. The molecule has 1 saturated carbocycles. The van der Waals surface area contributed by atoms with Crippen molar-refractivity contribution in [3.05, 3.63) is 36.0 Å². The Kier molecular flexibility index (Phi) is 2.74. The first-order chi connectivity index (χ1) is 8.72. The van der Waals surface area contributed by atoms with E-state index in [0.29, 0.717) is 12.2 Å². The van der Waals surface area contributed by atoms with E-state index >= 15 is 0 Å². The molecule has 2 aromatic heterocycles. The van der Waals surface area contributed by atoms with E-state index < -0.39 is 0 Å².